The van der Waals surface area contributed by atoms with E-state index in [1.807, 2.05) is 0 Å². The van der Waals surface area contributed by atoms with Crippen LogP contribution in [-0.4, -0.2) is 55.1 Å². The maximum Gasteiger partial charge on any atom is 0.491 e. The molecule has 0 saturated carbocycles. The molecule has 10 nitrogen and oxygen atoms in total. The number of halogens is 6. The summed E-state index contributed by atoms with van der Waals surface area (Å²) in [5.41, 5.74) is -1.11. The van der Waals surface area contributed by atoms with Crippen molar-refractivity contribution in [2.75, 3.05) is 30.6 Å². The standard InChI is InChI=1S/C28H20F6N4O6/c1-41-22-10-19-20(11-23(22)42-2)36-8-7-21(19)43-18-5-3-16(4-6-18)37-14-24(44-25(39)28(32,33)34)38(26(37)40)17-9-15(12-35-13-17)27(29,30)31/h3-13,24H,14H2,1-2H3. The lowest BCUT2D eigenvalue weighted by molar-refractivity contribution is -0.203. The molecule has 1 saturated heterocycles. The molecule has 1 atom stereocenters. The first-order chi connectivity index (χ1) is 20.8. The maximum absolute atomic E-state index is 13.4. The Morgan fingerprint density at radius 2 is 1.57 bits per heavy atom. The molecule has 0 bridgehead atoms. The number of alkyl halides is 6. The number of esters is 1. The van der Waals surface area contributed by atoms with E-state index in [2.05, 4.69) is 14.7 Å². The zero-order valence-corrected chi connectivity index (χ0v) is 22.6. The average Bonchev–Trinajstić information content (AvgIpc) is 3.31. The van der Waals surface area contributed by atoms with Gasteiger partial charge in [0.1, 0.15) is 11.5 Å². The van der Waals surface area contributed by atoms with E-state index in [-0.39, 0.29) is 5.69 Å². The number of carbonyl (C=O) groups is 2. The number of ether oxygens (including phenoxy) is 4. The molecule has 2 aromatic heterocycles. The zero-order valence-electron chi connectivity index (χ0n) is 22.6. The van der Waals surface area contributed by atoms with Crippen LogP contribution in [0.25, 0.3) is 10.9 Å². The number of aromatic nitrogens is 2. The van der Waals surface area contributed by atoms with Crippen molar-refractivity contribution in [3.63, 3.8) is 0 Å². The summed E-state index contributed by atoms with van der Waals surface area (Å²) < 4.78 is 100.0. The van der Waals surface area contributed by atoms with Gasteiger partial charge in [0.2, 0.25) is 6.23 Å². The molecule has 2 aromatic carbocycles. The summed E-state index contributed by atoms with van der Waals surface area (Å²) >= 11 is 0. The number of benzene rings is 2. The van der Waals surface area contributed by atoms with Crippen LogP contribution >= 0.6 is 0 Å². The molecule has 0 radical (unpaired) electrons. The van der Waals surface area contributed by atoms with Gasteiger partial charge >= 0.3 is 24.4 Å². The van der Waals surface area contributed by atoms with Crippen molar-refractivity contribution in [2.24, 2.45) is 0 Å². The summed E-state index contributed by atoms with van der Waals surface area (Å²) in [5, 5.41) is 0.587. The van der Waals surface area contributed by atoms with E-state index in [4.69, 9.17) is 14.2 Å². The summed E-state index contributed by atoms with van der Waals surface area (Å²) in [6, 6.07) is 10.1. The monoisotopic (exact) mass is 622 g/mol. The van der Waals surface area contributed by atoms with Gasteiger partial charge < -0.3 is 18.9 Å². The van der Waals surface area contributed by atoms with Gasteiger partial charge in [-0.2, -0.15) is 26.3 Å². The highest BCUT2D eigenvalue weighted by molar-refractivity contribution is 6.06. The minimum atomic E-state index is -5.42. The van der Waals surface area contributed by atoms with Crippen molar-refractivity contribution in [1.82, 2.24) is 9.97 Å². The number of anilines is 2. The van der Waals surface area contributed by atoms with Gasteiger partial charge in [0, 0.05) is 29.5 Å². The molecule has 0 spiro atoms. The van der Waals surface area contributed by atoms with Crippen LogP contribution in [0.15, 0.2) is 67.1 Å². The number of pyridine rings is 2. The Kier molecular flexibility index (Phi) is 7.84. The highest BCUT2D eigenvalue weighted by Gasteiger charge is 2.48. The lowest BCUT2D eigenvalue weighted by Gasteiger charge is -2.23. The molecule has 2 amide bonds. The highest BCUT2D eigenvalue weighted by atomic mass is 19.4. The number of nitrogens with zero attached hydrogens (tertiary/aromatic N) is 4. The number of carbonyl (C=O) groups excluding carboxylic acids is 2. The molecule has 1 unspecified atom stereocenters. The maximum atomic E-state index is 13.4. The fraction of sp³-hybridized carbons (Fsp3) is 0.214. The van der Waals surface area contributed by atoms with Gasteiger partial charge in [-0.3, -0.25) is 19.8 Å². The molecule has 16 heteroatoms. The van der Waals surface area contributed by atoms with Crippen LogP contribution in [0.1, 0.15) is 5.56 Å². The van der Waals surface area contributed by atoms with E-state index in [0.29, 0.717) is 51.1 Å². The Balaban J connectivity index is 1.43. The van der Waals surface area contributed by atoms with Crippen LogP contribution in [0, 0.1) is 0 Å². The topological polar surface area (TPSA) is 103 Å². The van der Waals surface area contributed by atoms with Crippen molar-refractivity contribution in [3.05, 3.63) is 72.7 Å². The fourth-order valence-electron chi connectivity index (χ4n) is 4.41. The SMILES string of the molecule is COc1cc2nccc(Oc3ccc(N4CC(OC(=O)C(F)(F)F)N(c5cncc(C(F)(F)F)c5)C4=O)cc3)c2cc1OC. The van der Waals surface area contributed by atoms with E-state index in [1.165, 1.54) is 44.7 Å². The van der Waals surface area contributed by atoms with Crippen LogP contribution in [0.3, 0.4) is 0 Å². The molecule has 44 heavy (non-hydrogen) atoms. The van der Waals surface area contributed by atoms with E-state index in [0.717, 1.165) is 11.1 Å². The number of amides is 2. The number of methoxy groups -OCH3 is 2. The lowest BCUT2D eigenvalue weighted by atomic mass is 10.2. The quantitative estimate of drug-likeness (QED) is 0.174. The third kappa shape index (κ3) is 5.95. The van der Waals surface area contributed by atoms with Crippen LogP contribution in [0.5, 0.6) is 23.0 Å². The van der Waals surface area contributed by atoms with Gasteiger partial charge in [0.25, 0.3) is 0 Å². The lowest BCUT2D eigenvalue weighted by Crippen LogP contribution is -2.40. The molecule has 5 rings (SSSR count). The number of fused-ring (bicyclic) bond motifs is 1. The second kappa shape index (κ2) is 11.4. The zero-order chi connectivity index (χ0) is 31.8. The van der Waals surface area contributed by atoms with Gasteiger partial charge in [-0.05, 0) is 42.5 Å². The van der Waals surface area contributed by atoms with E-state index < -0.39 is 48.4 Å². The molecule has 4 aromatic rings. The normalized spacial score (nSPS) is 15.5. The Labute approximate surface area is 244 Å². The second-order valence-corrected chi connectivity index (χ2v) is 9.18. The fourth-order valence-corrected chi connectivity index (χ4v) is 4.41. The summed E-state index contributed by atoms with van der Waals surface area (Å²) in [5.74, 6) is -1.05. The number of rotatable bonds is 7. The van der Waals surface area contributed by atoms with Crippen molar-refractivity contribution < 1.29 is 54.9 Å². The third-order valence-electron chi connectivity index (χ3n) is 6.45. The van der Waals surface area contributed by atoms with Gasteiger partial charge in [-0.25, -0.2) is 9.59 Å². The van der Waals surface area contributed by atoms with Crippen LogP contribution in [0.4, 0.5) is 42.5 Å². The predicted molar refractivity (Wildman–Crippen MR) is 142 cm³/mol. The Morgan fingerprint density at radius 1 is 0.886 bits per heavy atom. The molecular formula is C28H20F6N4O6. The summed E-state index contributed by atoms with van der Waals surface area (Å²) in [7, 11) is 2.95. The van der Waals surface area contributed by atoms with Gasteiger partial charge in [0.05, 0.1) is 43.7 Å². The van der Waals surface area contributed by atoms with E-state index in [9.17, 15) is 35.9 Å². The minimum absolute atomic E-state index is 0.129. The Morgan fingerprint density at radius 3 is 2.20 bits per heavy atom. The van der Waals surface area contributed by atoms with Crippen molar-refractivity contribution in [3.8, 4) is 23.0 Å². The minimum Gasteiger partial charge on any atom is -0.493 e. The van der Waals surface area contributed by atoms with Crippen molar-refractivity contribution in [2.45, 2.75) is 18.6 Å². The predicted octanol–water partition coefficient (Wildman–Crippen LogP) is 6.34. The number of urea groups is 1. The third-order valence-corrected chi connectivity index (χ3v) is 6.45. The first-order valence-corrected chi connectivity index (χ1v) is 12.5. The molecule has 3 heterocycles. The summed E-state index contributed by atoms with van der Waals surface area (Å²) in [6.07, 6.45) is -9.37. The smallest absolute Gasteiger partial charge is 0.491 e. The number of hydrogen-bond acceptors (Lipinski definition) is 8. The second-order valence-electron chi connectivity index (χ2n) is 9.18. The molecule has 0 aliphatic carbocycles. The van der Waals surface area contributed by atoms with Crippen LogP contribution in [0.2, 0.25) is 0 Å². The van der Waals surface area contributed by atoms with E-state index >= 15 is 0 Å². The molecular weight excluding hydrogens is 602 g/mol. The van der Waals surface area contributed by atoms with Crippen molar-refractivity contribution in [1.29, 1.82) is 0 Å². The first kappa shape index (κ1) is 30.2. The molecule has 1 fully saturated rings. The number of hydrogen-bond donors (Lipinski definition) is 0. The average molecular weight is 622 g/mol. The Hall–Kier alpha value is -5.28. The summed E-state index contributed by atoms with van der Waals surface area (Å²) in [4.78, 5) is 34.2. The van der Waals surface area contributed by atoms with Gasteiger partial charge in [0.15, 0.2) is 11.5 Å². The molecule has 0 N–H and O–H groups in total. The van der Waals surface area contributed by atoms with Crippen molar-refractivity contribution >= 4 is 34.3 Å². The van der Waals surface area contributed by atoms with Gasteiger partial charge in [-0.1, -0.05) is 0 Å². The molecule has 1 aliphatic heterocycles. The molecule has 230 valence electrons. The Bertz CT molecular complexity index is 1710. The molecule has 1 aliphatic rings. The van der Waals surface area contributed by atoms with Crippen LogP contribution < -0.4 is 24.0 Å². The van der Waals surface area contributed by atoms with E-state index in [1.54, 1.807) is 18.2 Å². The highest BCUT2D eigenvalue weighted by Crippen LogP contribution is 2.38. The summed E-state index contributed by atoms with van der Waals surface area (Å²) in [6.45, 7) is -0.631. The first-order valence-electron chi connectivity index (χ1n) is 12.5. The van der Waals surface area contributed by atoms with Gasteiger partial charge in [-0.15, -0.1) is 0 Å². The van der Waals surface area contributed by atoms with Crippen LogP contribution in [-0.2, 0) is 15.7 Å². The largest absolute Gasteiger partial charge is 0.493 e.